The van der Waals surface area contributed by atoms with E-state index in [1.165, 1.54) is 12.8 Å². The highest BCUT2D eigenvalue weighted by Gasteiger charge is 2.21. The molecule has 1 fully saturated rings. The van der Waals surface area contributed by atoms with Gasteiger partial charge >= 0.3 is 0 Å². The van der Waals surface area contributed by atoms with E-state index in [1.807, 2.05) is 13.2 Å². The van der Waals surface area contributed by atoms with Gasteiger partial charge in [-0.3, -0.25) is 4.68 Å². The molecule has 0 atom stereocenters. The van der Waals surface area contributed by atoms with Gasteiger partial charge < -0.3 is 11.1 Å². The molecule has 4 nitrogen and oxygen atoms in total. The number of nitrogens with one attached hydrogen (secondary N) is 1. The van der Waals surface area contributed by atoms with Crippen LogP contribution in [0.2, 0.25) is 0 Å². The molecule has 66 valence electrons. The Kier molecular flexibility index (Phi) is 1.67. The first kappa shape index (κ1) is 7.46. The second-order valence-corrected chi connectivity index (χ2v) is 3.43. The van der Waals surface area contributed by atoms with E-state index >= 15 is 0 Å². The first-order valence-electron chi connectivity index (χ1n) is 4.28. The van der Waals surface area contributed by atoms with Crippen molar-refractivity contribution in [2.75, 3.05) is 17.6 Å². The molecule has 1 aromatic rings. The van der Waals surface area contributed by atoms with Crippen molar-refractivity contribution in [1.29, 1.82) is 0 Å². The van der Waals surface area contributed by atoms with E-state index < -0.39 is 0 Å². The SMILES string of the molecule is Cn1cc(N)c(NCC2CC2)n1. The molecule has 12 heavy (non-hydrogen) atoms. The van der Waals surface area contributed by atoms with Crippen LogP contribution in [0.5, 0.6) is 0 Å². The lowest BCUT2D eigenvalue weighted by molar-refractivity contribution is 0.764. The van der Waals surface area contributed by atoms with Crippen LogP contribution in [0.3, 0.4) is 0 Å². The lowest BCUT2D eigenvalue weighted by Crippen LogP contribution is -2.05. The van der Waals surface area contributed by atoms with Gasteiger partial charge in [-0.1, -0.05) is 0 Å². The number of anilines is 2. The summed E-state index contributed by atoms with van der Waals surface area (Å²) in [6.07, 6.45) is 4.51. The summed E-state index contributed by atoms with van der Waals surface area (Å²) in [7, 11) is 1.87. The summed E-state index contributed by atoms with van der Waals surface area (Å²) in [4.78, 5) is 0. The number of hydrogen-bond acceptors (Lipinski definition) is 3. The number of aromatic nitrogens is 2. The monoisotopic (exact) mass is 166 g/mol. The van der Waals surface area contributed by atoms with Crippen molar-refractivity contribution in [3.05, 3.63) is 6.20 Å². The van der Waals surface area contributed by atoms with Crippen LogP contribution in [-0.2, 0) is 7.05 Å². The summed E-state index contributed by atoms with van der Waals surface area (Å²) in [6, 6.07) is 0. The zero-order valence-corrected chi connectivity index (χ0v) is 7.25. The number of nitrogen functional groups attached to an aromatic ring is 1. The summed E-state index contributed by atoms with van der Waals surface area (Å²) in [6.45, 7) is 1.02. The van der Waals surface area contributed by atoms with Crippen LogP contribution in [-0.4, -0.2) is 16.3 Å². The minimum absolute atomic E-state index is 0.734. The molecule has 1 aliphatic carbocycles. The molecule has 0 unspecified atom stereocenters. The number of nitrogens with two attached hydrogens (primary N) is 1. The van der Waals surface area contributed by atoms with E-state index in [0.717, 1.165) is 24.0 Å². The summed E-state index contributed by atoms with van der Waals surface area (Å²) in [5.74, 6) is 1.68. The van der Waals surface area contributed by atoms with Crippen LogP contribution in [0.1, 0.15) is 12.8 Å². The maximum atomic E-state index is 5.70. The number of nitrogens with zero attached hydrogens (tertiary/aromatic N) is 2. The van der Waals surface area contributed by atoms with Gasteiger partial charge in [-0.2, -0.15) is 5.10 Å². The highest BCUT2D eigenvalue weighted by Crippen LogP contribution is 2.29. The molecular weight excluding hydrogens is 152 g/mol. The van der Waals surface area contributed by atoms with Crippen molar-refractivity contribution in [3.63, 3.8) is 0 Å². The molecule has 0 bridgehead atoms. The van der Waals surface area contributed by atoms with Crippen LogP contribution in [0, 0.1) is 5.92 Å². The fraction of sp³-hybridized carbons (Fsp3) is 0.625. The molecule has 2 rings (SSSR count). The smallest absolute Gasteiger partial charge is 0.171 e. The first-order chi connectivity index (χ1) is 5.75. The van der Waals surface area contributed by atoms with E-state index in [4.69, 9.17) is 5.73 Å². The topological polar surface area (TPSA) is 55.9 Å². The van der Waals surface area contributed by atoms with E-state index in [1.54, 1.807) is 4.68 Å². The lowest BCUT2D eigenvalue weighted by Gasteiger charge is -2.00. The van der Waals surface area contributed by atoms with Crippen molar-refractivity contribution in [1.82, 2.24) is 9.78 Å². The van der Waals surface area contributed by atoms with Gasteiger partial charge in [0.15, 0.2) is 5.82 Å². The van der Waals surface area contributed by atoms with Crippen LogP contribution in [0.4, 0.5) is 11.5 Å². The molecule has 3 N–H and O–H groups in total. The highest BCUT2D eigenvalue weighted by molar-refractivity contribution is 5.59. The van der Waals surface area contributed by atoms with Crippen LogP contribution in [0.15, 0.2) is 6.20 Å². The van der Waals surface area contributed by atoms with Gasteiger partial charge in [-0.15, -0.1) is 0 Å². The summed E-state index contributed by atoms with van der Waals surface area (Å²) < 4.78 is 1.73. The molecule has 4 heteroatoms. The van der Waals surface area contributed by atoms with Crippen LogP contribution >= 0.6 is 0 Å². The molecule has 1 aliphatic rings. The van der Waals surface area contributed by atoms with Gasteiger partial charge in [0.1, 0.15) is 0 Å². The molecule has 0 amide bonds. The van der Waals surface area contributed by atoms with Crippen molar-refractivity contribution in [2.45, 2.75) is 12.8 Å². The fourth-order valence-corrected chi connectivity index (χ4v) is 1.21. The van der Waals surface area contributed by atoms with Gasteiger partial charge in [0.2, 0.25) is 0 Å². The normalized spacial score (nSPS) is 16.4. The maximum Gasteiger partial charge on any atom is 0.171 e. The fourth-order valence-electron chi connectivity index (χ4n) is 1.21. The summed E-state index contributed by atoms with van der Waals surface area (Å²) in [5, 5.41) is 7.43. The number of hydrogen-bond donors (Lipinski definition) is 2. The second-order valence-electron chi connectivity index (χ2n) is 3.43. The highest BCUT2D eigenvalue weighted by atomic mass is 15.3. The second kappa shape index (κ2) is 2.69. The predicted molar refractivity (Wildman–Crippen MR) is 48.8 cm³/mol. The Morgan fingerprint density at radius 3 is 3.00 bits per heavy atom. The quantitative estimate of drug-likeness (QED) is 0.699. The summed E-state index contributed by atoms with van der Waals surface area (Å²) in [5.41, 5.74) is 6.44. The largest absolute Gasteiger partial charge is 0.394 e. The molecular formula is C8H14N4. The maximum absolute atomic E-state index is 5.70. The van der Waals surface area contributed by atoms with Gasteiger partial charge in [-0.25, -0.2) is 0 Å². The van der Waals surface area contributed by atoms with E-state index in [9.17, 15) is 0 Å². The van der Waals surface area contributed by atoms with Crippen molar-refractivity contribution < 1.29 is 0 Å². The summed E-state index contributed by atoms with van der Waals surface area (Å²) >= 11 is 0. The average Bonchev–Trinajstić information content (AvgIpc) is 2.76. The molecule has 0 radical (unpaired) electrons. The Hall–Kier alpha value is -1.19. The molecule has 0 aromatic carbocycles. The van der Waals surface area contributed by atoms with Crippen LogP contribution < -0.4 is 11.1 Å². The molecule has 0 aliphatic heterocycles. The van der Waals surface area contributed by atoms with E-state index in [-0.39, 0.29) is 0 Å². The Balaban J connectivity index is 1.96. The van der Waals surface area contributed by atoms with Gasteiger partial charge in [0.25, 0.3) is 0 Å². The van der Waals surface area contributed by atoms with Gasteiger partial charge in [-0.05, 0) is 18.8 Å². The molecule has 1 aromatic heterocycles. The lowest BCUT2D eigenvalue weighted by atomic mass is 10.4. The van der Waals surface area contributed by atoms with E-state index in [0.29, 0.717) is 0 Å². The third-order valence-corrected chi connectivity index (χ3v) is 2.11. The predicted octanol–water partition coefficient (Wildman–Crippen LogP) is 0.824. The van der Waals surface area contributed by atoms with Crippen molar-refractivity contribution >= 4 is 11.5 Å². The zero-order valence-electron chi connectivity index (χ0n) is 7.25. The van der Waals surface area contributed by atoms with Crippen molar-refractivity contribution in [2.24, 2.45) is 13.0 Å². The minimum Gasteiger partial charge on any atom is -0.394 e. The van der Waals surface area contributed by atoms with Crippen molar-refractivity contribution in [3.8, 4) is 0 Å². The molecule has 0 spiro atoms. The van der Waals surface area contributed by atoms with Gasteiger partial charge in [0.05, 0.1) is 5.69 Å². The van der Waals surface area contributed by atoms with Crippen LogP contribution in [0.25, 0.3) is 0 Å². The third kappa shape index (κ3) is 1.52. The number of aryl methyl sites for hydroxylation is 1. The Bertz CT molecular complexity index is 275. The molecule has 1 saturated carbocycles. The Morgan fingerprint density at radius 1 is 1.75 bits per heavy atom. The minimum atomic E-state index is 0.734. The molecule has 1 heterocycles. The Labute approximate surface area is 71.7 Å². The zero-order chi connectivity index (χ0) is 8.55. The first-order valence-corrected chi connectivity index (χ1v) is 4.28. The van der Waals surface area contributed by atoms with Gasteiger partial charge in [0, 0.05) is 19.8 Å². The van der Waals surface area contributed by atoms with E-state index in [2.05, 4.69) is 10.4 Å². The standard InChI is InChI=1S/C8H14N4/c1-12-5-7(9)8(11-12)10-4-6-2-3-6/h5-6H,2-4,9H2,1H3,(H,10,11). The number of rotatable bonds is 3. The molecule has 0 saturated heterocycles. The average molecular weight is 166 g/mol. The third-order valence-electron chi connectivity index (χ3n) is 2.11. The Morgan fingerprint density at radius 2 is 2.50 bits per heavy atom.